The lowest BCUT2D eigenvalue weighted by atomic mass is 10.1. The Hall–Kier alpha value is -1.60. The van der Waals surface area contributed by atoms with Crippen molar-refractivity contribution in [1.29, 1.82) is 5.26 Å². The molecule has 4 heteroatoms. The van der Waals surface area contributed by atoms with Gasteiger partial charge in [0.2, 0.25) is 0 Å². The average molecular weight is 219 g/mol. The van der Waals surface area contributed by atoms with Crippen LogP contribution in [0.4, 0.5) is 5.82 Å². The molecule has 1 rings (SSSR count). The van der Waals surface area contributed by atoms with Gasteiger partial charge in [0.05, 0.1) is 18.2 Å². The summed E-state index contributed by atoms with van der Waals surface area (Å²) in [5, 5.41) is 12.2. The van der Waals surface area contributed by atoms with Gasteiger partial charge in [-0.2, -0.15) is 5.26 Å². The van der Waals surface area contributed by atoms with Gasteiger partial charge in [-0.1, -0.05) is 13.8 Å². The summed E-state index contributed by atoms with van der Waals surface area (Å²) in [6.45, 7) is 4.80. The van der Waals surface area contributed by atoms with Gasteiger partial charge in [-0.25, -0.2) is 4.98 Å². The number of nitrogens with one attached hydrogen (secondary N) is 1. The van der Waals surface area contributed by atoms with Gasteiger partial charge in [-0.3, -0.25) is 0 Å². The lowest BCUT2D eigenvalue weighted by Crippen LogP contribution is -2.31. The summed E-state index contributed by atoms with van der Waals surface area (Å²) in [5.41, 5.74) is 0.559. The van der Waals surface area contributed by atoms with Crippen LogP contribution in [0.15, 0.2) is 18.3 Å². The number of aromatic nitrogens is 1. The third kappa shape index (κ3) is 3.21. The molecule has 0 amide bonds. The average Bonchev–Trinajstić information content (AvgIpc) is 2.29. The minimum Gasteiger partial charge on any atom is -0.383 e. The van der Waals surface area contributed by atoms with E-state index in [1.807, 2.05) is 0 Å². The van der Waals surface area contributed by atoms with E-state index in [0.717, 1.165) is 0 Å². The fourth-order valence-corrected chi connectivity index (χ4v) is 1.37. The van der Waals surface area contributed by atoms with Crippen molar-refractivity contribution < 1.29 is 4.74 Å². The highest BCUT2D eigenvalue weighted by atomic mass is 16.5. The Morgan fingerprint density at radius 3 is 2.88 bits per heavy atom. The Labute approximate surface area is 96.3 Å². The van der Waals surface area contributed by atoms with Gasteiger partial charge in [0, 0.05) is 13.3 Å². The zero-order chi connectivity index (χ0) is 12.0. The van der Waals surface area contributed by atoms with Gasteiger partial charge in [0.1, 0.15) is 11.9 Å². The van der Waals surface area contributed by atoms with Crippen LogP contribution >= 0.6 is 0 Å². The smallest absolute Gasteiger partial charge is 0.144 e. The minimum atomic E-state index is 0.159. The zero-order valence-electron chi connectivity index (χ0n) is 9.90. The van der Waals surface area contributed by atoms with Crippen molar-refractivity contribution in [3.63, 3.8) is 0 Å². The first kappa shape index (κ1) is 12.5. The lowest BCUT2D eigenvalue weighted by molar-refractivity contribution is 0.171. The molecule has 16 heavy (non-hydrogen) atoms. The molecule has 0 bridgehead atoms. The highest BCUT2D eigenvalue weighted by molar-refractivity contribution is 5.51. The van der Waals surface area contributed by atoms with Crippen LogP contribution in [0.5, 0.6) is 0 Å². The molecule has 0 spiro atoms. The second-order valence-corrected chi connectivity index (χ2v) is 3.96. The Morgan fingerprint density at radius 1 is 1.56 bits per heavy atom. The molecule has 0 aliphatic heterocycles. The third-order valence-corrected chi connectivity index (χ3v) is 2.40. The van der Waals surface area contributed by atoms with Crippen LogP contribution in [0.3, 0.4) is 0 Å². The molecule has 1 unspecified atom stereocenters. The normalized spacial score (nSPS) is 12.2. The molecule has 86 valence electrons. The predicted octanol–water partition coefficient (Wildman–Crippen LogP) is 2.04. The van der Waals surface area contributed by atoms with E-state index in [9.17, 15) is 0 Å². The third-order valence-electron chi connectivity index (χ3n) is 2.40. The summed E-state index contributed by atoms with van der Waals surface area (Å²) in [6.07, 6.45) is 1.67. The molecule has 0 fully saturated rings. The molecule has 0 aromatic carbocycles. The van der Waals surface area contributed by atoms with Crippen molar-refractivity contribution in [3.8, 4) is 6.07 Å². The SMILES string of the molecule is COCC(Nc1ncccc1C#N)C(C)C. The topological polar surface area (TPSA) is 57.9 Å². The van der Waals surface area contributed by atoms with E-state index < -0.39 is 0 Å². The monoisotopic (exact) mass is 219 g/mol. The van der Waals surface area contributed by atoms with Crippen LogP contribution in [0.2, 0.25) is 0 Å². The number of pyridine rings is 1. The van der Waals surface area contributed by atoms with E-state index in [0.29, 0.717) is 23.9 Å². The van der Waals surface area contributed by atoms with Crippen molar-refractivity contribution in [2.24, 2.45) is 5.92 Å². The highest BCUT2D eigenvalue weighted by Gasteiger charge is 2.14. The Kier molecular flexibility index (Phi) is 4.74. The quantitative estimate of drug-likeness (QED) is 0.823. The van der Waals surface area contributed by atoms with Crippen LogP contribution in [0.25, 0.3) is 0 Å². The number of hydrogen-bond donors (Lipinski definition) is 1. The first-order valence-corrected chi connectivity index (χ1v) is 5.29. The predicted molar refractivity (Wildman–Crippen MR) is 63.1 cm³/mol. The molecule has 0 radical (unpaired) electrons. The largest absolute Gasteiger partial charge is 0.383 e. The van der Waals surface area contributed by atoms with Gasteiger partial charge in [-0.15, -0.1) is 0 Å². The Balaban J connectivity index is 2.81. The molecule has 0 saturated heterocycles. The maximum absolute atomic E-state index is 8.94. The van der Waals surface area contributed by atoms with Gasteiger partial charge in [0.15, 0.2) is 0 Å². The fraction of sp³-hybridized carbons (Fsp3) is 0.500. The van der Waals surface area contributed by atoms with Crippen molar-refractivity contribution in [2.45, 2.75) is 19.9 Å². The van der Waals surface area contributed by atoms with E-state index in [-0.39, 0.29) is 6.04 Å². The van der Waals surface area contributed by atoms with Crippen LogP contribution in [0, 0.1) is 17.2 Å². The molecule has 0 saturated carbocycles. The molecule has 1 N–H and O–H groups in total. The van der Waals surface area contributed by atoms with Crippen LogP contribution in [0.1, 0.15) is 19.4 Å². The summed E-state index contributed by atoms with van der Waals surface area (Å²) >= 11 is 0. The van der Waals surface area contributed by atoms with E-state index in [1.54, 1.807) is 25.4 Å². The molecule has 1 aromatic rings. The van der Waals surface area contributed by atoms with Crippen molar-refractivity contribution in [3.05, 3.63) is 23.9 Å². The molecule has 0 aliphatic carbocycles. The standard InChI is InChI=1S/C12H17N3O/c1-9(2)11(8-16-3)15-12-10(7-13)5-4-6-14-12/h4-6,9,11H,8H2,1-3H3,(H,14,15). The number of nitrogens with zero attached hydrogens (tertiary/aromatic N) is 2. The van der Waals surface area contributed by atoms with E-state index >= 15 is 0 Å². The van der Waals surface area contributed by atoms with E-state index in [2.05, 4.69) is 30.2 Å². The van der Waals surface area contributed by atoms with Crippen LogP contribution < -0.4 is 5.32 Å². The lowest BCUT2D eigenvalue weighted by Gasteiger charge is -2.22. The molecule has 1 heterocycles. The molecule has 1 atom stereocenters. The van der Waals surface area contributed by atoms with E-state index in [4.69, 9.17) is 10.00 Å². The summed E-state index contributed by atoms with van der Waals surface area (Å²) in [7, 11) is 1.67. The first-order valence-electron chi connectivity index (χ1n) is 5.29. The molecular formula is C12H17N3O. The maximum atomic E-state index is 8.94. The van der Waals surface area contributed by atoms with Crippen molar-refractivity contribution in [2.75, 3.05) is 19.0 Å². The number of ether oxygens (including phenoxy) is 1. The number of hydrogen-bond acceptors (Lipinski definition) is 4. The van der Waals surface area contributed by atoms with Gasteiger partial charge < -0.3 is 10.1 Å². The number of anilines is 1. The Bertz CT molecular complexity index is 371. The fourth-order valence-electron chi connectivity index (χ4n) is 1.37. The van der Waals surface area contributed by atoms with Gasteiger partial charge in [-0.05, 0) is 18.1 Å². The summed E-state index contributed by atoms with van der Waals surface area (Å²) < 4.78 is 5.14. The van der Waals surface area contributed by atoms with Crippen molar-refractivity contribution >= 4 is 5.82 Å². The number of rotatable bonds is 5. The number of nitriles is 1. The van der Waals surface area contributed by atoms with Gasteiger partial charge in [0.25, 0.3) is 0 Å². The zero-order valence-corrected chi connectivity index (χ0v) is 9.90. The summed E-state index contributed by atoms with van der Waals surface area (Å²) in [4.78, 5) is 4.16. The summed E-state index contributed by atoms with van der Waals surface area (Å²) in [5.74, 6) is 1.04. The maximum Gasteiger partial charge on any atom is 0.144 e. The Morgan fingerprint density at radius 2 is 2.31 bits per heavy atom. The van der Waals surface area contributed by atoms with Gasteiger partial charge >= 0.3 is 0 Å². The summed E-state index contributed by atoms with van der Waals surface area (Å²) in [6, 6.07) is 5.78. The molecular weight excluding hydrogens is 202 g/mol. The highest BCUT2D eigenvalue weighted by Crippen LogP contribution is 2.14. The van der Waals surface area contributed by atoms with Crippen LogP contribution in [-0.4, -0.2) is 24.7 Å². The van der Waals surface area contributed by atoms with Crippen molar-refractivity contribution in [1.82, 2.24) is 4.98 Å². The second kappa shape index (κ2) is 6.09. The molecule has 1 aromatic heterocycles. The van der Waals surface area contributed by atoms with Crippen LogP contribution in [-0.2, 0) is 4.74 Å². The van der Waals surface area contributed by atoms with E-state index in [1.165, 1.54) is 0 Å². The second-order valence-electron chi connectivity index (χ2n) is 3.96. The first-order chi connectivity index (χ1) is 7.69. The molecule has 0 aliphatic rings. The minimum absolute atomic E-state index is 0.159. The number of methoxy groups -OCH3 is 1. The molecule has 4 nitrogen and oxygen atoms in total.